The molecule has 7 nitrogen and oxygen atoms in total. The molecule has 0 bridgehead atoms. The second-order valence-electron chi connectivity index (χ2n) is 9.46. The molecule has 1 aliphatic rings. The summed E-state index contributed by atoms with van der Waals surface area (Å²) < 4.78 is 27.9. The predicted octanol–water partition coefficient (Wildman–Crippen LogP) is 4.50. The smallest absolute Gasteiger partial charge is 0.265 e. The first kappa shape index (κ1) is 26.7. The highest BCUT2D eigenvalue weighted by Crippen LogP contribution is 2.42. The second-order valence-corrected chi connectivity index (χ2v) is 11.3. The highest BCUT2D eigenvalue weighted by molar-refractivity contribution is 7.93. The first-order valence-corrected chi connectivity index (χ1v) is 14.4. The Kier molecular flexibility index (Phi) is 8.48. The number of nitrogens with zero attached hydrogens (tertiary/aromatic N) is 2. The molecule has 0 radical (unpaired) electrons. The normalized spacial score (nSPS) is 14.5. The van der Waals surface area contributed by atoms with Gasteiger partial charge in [-0.25, -0.2) is 8.42 Å². The molecule has 3 aromatic rings. The molecule has 1 N–H and O–H groups in total. The molecule has 0 saturated heterocycles. The Labute approximate surface area is 219 Å². The van der Waals surface area contributed by atoms with Crippen molar-refractivity contribution in [2.24, 2.45) is 0 Å². The maximum atomic E-state index is 13.4. The molecule has 1 atom stereocenters. The number of anilines is 1. The van der Waals surface area contributed by atoms with Gasteiger partial charge < -0.3 is 10.2 Å². The first-order chi connectivity index (χ1) is 17.8. The number of hydrogen-bond acceptors (Lipinski definition) is 4. The van der Waals surface area contributed by atoms with Crippen LogP contribution in [0, 0.1) is 0 Å². The minimum Gasteiger partial charge on any atom is -0.354 e. The molecule has 1 aliphatic heterocycles. The Bertz CT molecular complexity index is 1350. The monoisotopic (exact) mass is 521 g/mol. The lowest BCUT2D eigenvalue weighted by molar-refractivity contribution is -0.139. The number of rotatable bonds is 12. The number of benzene rings is 3. The first-order valence-electron chi connectivity index (χ1n) is 13.0. The van der Waals surface area contributed by atoms with E-state index in [9.17, 15) is 18.0 Å². The standard InChI is InChI=1S/C29H35N3O4S/c1-3-4-19-30-29(34)22(2)31(21-18-23-11-6-5-7-12-23)27(33)17-10-20-32-25-15-8-13-24-14-9-16-26(28(24)25)37(32,35)36/h5-9,11-16,22H,3-4,10,17-21H2,1-2H3,(H,30,34)/t22-/m0/s1. The van der Waals surface area contributed by atoms with Gasteiger partial charge in [0.2, 0.25) is 11.8 Å². The zero-order valence-electron chi connectivity index (χ0n) is 21.5. The molecule has 0 saturated carbocycles. The third-order valence-corrected chi connectivity index (χ3v) is 8.77. The summed E-state index contributed by atoms with van der Waals surface area (Å²) in [5.41, 5.74) is 1.75. The maximum Gasteiger partial charge on any atom is 0.265 e. The second kappa shape index (κ2) is 11.8. The summed E-state index contributed by atoms with van der Waals surface area (Å²) >= 11 is 0. The molecule has 0 aliphatic carbocycles. The molecule has 1 heterocycles. The van der Waals surface area contributed by atoms with E-state index in [-0.39, 0.29) is 24.8 Å². The highest BCUT2D eigenvalue weighted by atomic mass is 32.2. The molecule has 0 aromatic heterocycles. The van der Waals surface area contributed by atoms with Crippen LogP contribution in [0.3, 0.4) is 0 Å². The van der Waals surface area contributed by atoms with Gasteiger partial charge in [0.15, 0.2) is 0 Å². The SMILES string of the molecule is CCCCNC(=O)[C@H](C)N(CCc1ccccc1)C(=O)CCCN1c2cccc3cccc(c23)S1(=O)=O. The van der Waals surface area contributed by atoms with Crippen LogP contribution in [0.15, 0.2) is 71.6 Å². The van der Waals surface area contributed by atoms with Crippen molar-refractivity contribution < 1.29 is 18.0 Å². The van der Waals surface area contributed by atoms with Crippen LogP contribution in [0.5, 0.6) is 0 Å². The lowest BCUT2D eigenvalue weighted by Crippen LogP contribution is -2.49. The number of carbonyl (C=O) groups is 2. The molecule has 196 valence electrons. The van der Waals surface area contributed by atoms with E-state index in [4.69, 9.17) is 0 Å². The summed E-state index contributed by atoms with van der Waals surface area (Å²) in [6.07, 6.45) is 3.00. The van der Waals surface area contributed by atoms with Crippen LogP contribution < -0.4 is 9.62 Å². The van der Waals surface area contributed by atoms with E-state index in [0.717, 1.165) is 29.2 Å². The fourth-order valence-electron chi connectivity index (χ4n) is 4.82. The topological polar surface area (TPSA) is 86.8 Å². The van der Waals surface area contributed by atoms with Crippen LogP contribution in [0.25, 0.3) is 10.8 Å². The molecule has 0 unspecified atom stereocenters. The van der Waals surface area contributed by atoms with E-state index >= 15 is 0 Å². The summed E-state index contributed by atoms with van der Waals surface area (Å²) in [5.74, 6) is -0.319. The van der Waals surface area contributed by atoms with Gasteiger partial charge in [-0.2, -0.15) is 0 Å². The van der Waals surface area contributed by atoms with Gasteiger partial charge in [-0.3, -0.25) is 13.9 Å². The minimum atomic E-state index is -3.66. The van der Waals surface area contributed by atoms with Crippen molar-refractivity contribution in [3.63, 3.8) is 0 Å². The molecule has 8 heteroatoms. The number of nitrogens with one attached hydrogen (secondary N) is 1. The van der Waals surface area contributed by atoms with Crippen LogP contribution in [-0.2, 0) is 26.0 Å². The van der Waals surface area contributed by atoms with E-state index in [1.807, 2.05) is 54.6 Å². The van der Waals surface area contributed by atoms with Crippen molar-refractivity contribution in [2.45, 2.75) is 56.9 Å². The zero-order chi connectivity index (χ0) is 26.4. The summed E-state index contributed by atoms with van der Waals surface area (Å²) in [7, 11) is -3.66. The summed E-state index contributed by atoms with van der Waals surface area (Å²) in [4.78, 5) is 28.1. The van der Waals surface area contributed by atoms with Gasteiger partial charge in [0.25, 0.3) is 10.0 Å². The zero-order valence-corrected chi connectivity index (χ0v) is 22.3. The van der Waals surface area contributed by atoms with Gasteiger partial charge in [-0.1, -0.05) is 67.9 Å². The molecular weight excluding hydrogens is 486 g/mol. The predicted molar refractivity (Wildman–Crippen MR) is 147 cm³/mol. The lowest BCUT2D eigenvalue weighted by Gasteiger charge is -2.29. The number of sulfonamides is 1. The quantitative estimate of drug-likeness (QED) is 0.356. The fourth-order valence-corrected chi connectivity index (χ4v) is 6.57. The fraction of sp³-hybridized carbons (Fsp3) is 0.379. The Hall–Kier alpha value is -3.39. The average Bonchev–Trinajstić information content (AvgIpc) is 3.12. The van der Waals surface area contributed by atoms with Crippen LogP contribution in [0.4, 0.5) is 5.69 Å². The van der Waals surface area contributed by atoms with Gasteiger partial charge in [0, 0.05) is 31.4 Å². The number of amides is 2. The molecule has 3 aromatic carbocycles. The van der Waals surface area contributed by atoms with Crippen LogP contribution >= 0.6 is 0 Å². The summed E-state index contributed by atoms with van der Waals surface area (Å²) in [5, 5.41) is 4.55. The van der Waals surface area contributed by atoms with Gasteiger partial charge in [-0.15, -0.1) is 0 Å². The Morgan fingerprint density at radius 2 is 1.70 bits per heavy atom. The Morgan fingerprint density at radius 3 is 2.43 bits per heavy atom. The summed E-state index contributed by atoms with van der Waals surface area (Å²) in [6, 6.07) is 20.1. The van der Waals surface area contributed by atoms with Gasteiger partial charge in [0.1, 0.15) is 6.04 Å². The number of unbranched alkanes of at least 4 members (excludes halogenated alkanes) is 1. The van der Waals surface area contributed by atoms with Gasteiger partial charge in [-0.05, 0) is 49.3 Å². The van der Waals surface area contributed by atoms with E-state index in [1.165, 1.54) is 4.31 Å². The maximum absolute atomic E-state index is 13.4. The van der Waals surface area contributed by atoms with Crippen molar-refractivity contribution >= 4 is 38.3 Å². The molecule has 2 amide bonds. The molecular formula is C29H35N3O4S. The van der Waals surface area contributed by atoms with Gasteiger partial charge >= 0.3 is 0 Å². The number of carbonyl (C=O) groups excluding carboxylic acids is 2. The average molecular weight is 522 g/mol. The summed E-state index contributed by atoms with van der Waals surface area (Å²) in [6.45, 7) is 5.01. The van der Waals surface area contributed by atoms with E-state index < -0.39 is 16.1 Å². The van der Waals surface area contributed by atoms with Crippen LogP contribution in [0.2, 0.25) is 0 Å². The van der Waals surface area contributed by atoms with Crippen molar-refractivity contribution in [3.8, 4) is 0 Å². The third kappa shape index (κ3) is 5.80. The van der Waals surface area contributed by atoms with Crippen LogP contribution in [-0.4, -0.2) is 50.8 Å². The molecule has 0 spiro atoms. The van der Waals surface area contributed by atoms with E-state index in [0.29, 0.717) is 36.5 Å². The minimum absolute atomic E-state index is 0.151. The van der Waals surface area contributed by atoms with Gasteiger partial charge in [0.05, 0.1) is 10.6 Å². The van der Waals surface area contributed by atoms with E-state index in [2.05, 4.69) is 12.2 Å². The molecule has 0 fully saturated rings. The van der Waals surface area contributed by atoms with Crippen molar-refractivity contribution in [1.82, 2.24) is 10.2 Å². The Morgan fingerprint density at radius 1 is 0.973 bits per heavy atom. The number of hydrogen-bond donors (Lipinski definition) is 1. The van der Waals surface area contributed by atoms with Crippen molar-refractivity contribution in [2.75, 3.05) is 23.9 Å². The molecule has 37 heavy (non-hydrogen) atoms. The third-order valence-electron chi connectivity index (χ3n) is 6.91. The van der Waals surface area contributed by atoms with Crippen molar-refractivity contribution in [1.29, 1.82) is 0 Å². The molecule has 4 rings (SSSR count). The van der Waals surface area contributed by atoms with Crippen LogP contribution in [0.1, 0.15) is 45.1 Å². The highest BCUT2D eigenvalue weighted by Gasteiger charge is 2.35. The lowest BCUT2D eigenvalue weighted by atomic mass is 10.1. The van der Waals surface area contributed by atoms with E-state index in [1.54, 1.807) is 24.0 Å². The Balaban J connectivity index is 1.44. The largest absolute Gasteiger partial charge is 0.354 e. The van der Waals surface area contributed by atoms with Crippen molar-refractivity contribution in [3.05, 3.63) is 72.3 Å².